The van der Waals surface area contributed by atoms with E-state index in [1.165, 1.54) is 18.2 Å². The Hall–Kier alpha value is -3.00. The molecule has 2 atom stereocenters. The van der Waals surface area contributed by atoms with E-state index in [1.54, 1.807) is 24.5 Å². The molecule has 3 aromatic rings. The Morgan fingerprint density at radius 2 is 1.84 bits per heavy atom. The van der Waals surface area contributed by atoms with E-state index >= 15 is 0 Å². The van der Waals surface area contributed by atoms with Crippen LogP contribution in [-0.2, 0) is 5.41 Å². The molecule has 0 saturated carbocycles. The van der Waals surface area contributed by atoms with Crippen LogP contribution in [0.5, 0.6) is 0 Å². The molecule has 6 nitrogen and oxygen atoms in total. The molecule has 0 unspecified atom stereocenters. The topological polar surface area (TPSA) is 75.0 Å². The fraction of sp³-hybridized carbons (Fsp3) is 0.391. The molecule has 0 aliphatic heterocycles. The normalized spacial score (nSPS) is 20.4. The van der Waals surface area contributed by atoms with Crippen molar-refractivity contribution in [2.45, 2.75) is 38.0 Å². The van der Waals surface area contributed by atoms with Gasteiger partial charge in [-0.1, -0.05) is 19.9 Å². The summed E-state index contributed by atoms with van der Waals surface area (Å²) in [4.78, 5) is 10.6. The van der Waals surface area contributed by atoms with E-state index in [0.717, 1.165) is 24.1 Å². The monoisotopic (exact) mass is 425 g/mol. The first-order chi connectivity index (χ1) is 14.9. The van der Waals surface area contributed by atoms with Crippen molar-refractivity contribution in [3.63, 3.8) is 0 Å². The van der Waals surface area contributed by atoms with Crippen LogP contribution < -0.4 is 4.90 Å². The zero-order valence-electron chi connectivity index (χ0n) is 17.6. The van der Waals surface area contributed by atoms with Crippen molar-refractivity contribution >= 4 is 5.95 Å². The summed E-state index contributed by atoms with van der Waals surface area (Å²) >= 11 is 0. The third-order valence-corrected chi connectivity index (χ3v) is 6.02. The molecule has 2 heterocycles. The summed E-state index contributed by atoms with van der Waals surface area (Å²) in [6, 6.07) is 7.29. The standard InChI is InChI=1S/C23H25F2N5O/c1-15-7-8-23(2,14-30(11-12-31)22-26-9-4-10-27-22)21-16(15)13-19(28-29-21)20-17(24)5-3-6-18(20)25/h3-6,9-10,13,15,31H,7-8,11-12,14H2,1-2H3/t15-,23+/m0/s1. The second kappa shape index (κ2) is 8.63. The molecule has 0 bridgehead atoms. The number of fused-ring (bicyclic) bond motifs is 1. The summed E-state index contributed by atoms with van der Waals surface area (Å²) < 4.78 is 28.6. The number of hydrogen-bond donors (Lipinski definition) is 1. The first-order valence-corrected chi connectivity index (χ1v) is 10.4. The van der Waals surface area contributed by atoms with E-state index in [9.17, 15) is 13.9 Å². The molecule has 1 aliphatic rings. The Morgan fingerprint density at radius 3 is 2.52 bits per heavy atom. The number of aliphatic hydroxyl groups is 1. The van der Waals surface area contributed by atoms with Crippen molar-refractivity contribution in [2.75, 3.05) is 24.6 Å². The van der Waals surface area contributed by atoms with Crippen LogP contribution in [0.3, 0.4) is 0 Å². The Morgan fingerprint density at radius 1 is 1.13 bits per heavy atom. The third-order valence-electron chi connectivity index (χ3n) is 6.02. The number of rotatable bonds is 6. The van der Waals surface area contributed by atoms with Crippen molar-refractivity contribution in [3.05, 3.63) is 65.6 Å². The van der Waals surface area contributed by atoms with Crippen LogP contribution >= 0.6 is 0 Å². The second-order valence-corrected chi connectivity index (χ2v) is 8.32. The van der Waals surface area contributed by atoms with Gasteiger partial charge in [-0.3, -0.25) is 0 Å². The Bertz CT molecular complexity index is 1040. The maximum atomic E-state index is 14.3. The molecule has 1 aromatic carbocycles. The molecule has 162 valence electrons. The van der Waals surface area contributed by atoms with Gasteiger partial charge in [0.15, 0.2) is 0 Å². The molecule has 1 N–H and O–H groups in total. The van der Waals surface area contributed by atoms with Crippen molar-refractivity contribution in [1.29, 1.82) is 0 Å². The molecule has 0 saturated heterocycles. The van der Waals surface area contributed by atoms with Crippen LogP contribution in [0, 0.1) is 11.6 Å². The van der Waals surface area contributed by atoms with E-state index in [-0.39, 0.29) is 29.2 Å². The Kier molecular flexibility index (Phi) is 5.91. The fourth-order valence-electron chi connectivity index (χ4n) is 4.32. The largest absolute Gasteiger partial charge is 0.395 e. The first kappa shape index (κ1) is 21.2. The average molecular weight is 425 g/mol. The lowest BCUT2D eigenvalue weighted by Crippen LogP contribution is -2.44. The minimum atomic E-state index is -0.657. The molecular formula is C23H25F2N5O. The van der Waals surface area contributed by atoms with E-state index < -0.39 is 11.6 Å². The molecule has 31 heavy (non-hydrogen) atoms. The molecule has 0 spiro atoms. The fourth-order valence-corrected chi connectivity index (χ4v) is 4.32. The summed E-state index contributed by atoms with van der Waals surface area (Å²) in [6.07, 6.45) is 5.09. The van der Waals surface area contributed by atoms with Gasteiger partial charge in [0, 0.05) is 30.9 Å². The lowest BCUT2D eigenvalue weighted by molar-refractivity contribution is 0.290. The highest BCUT2D eigenvalue weighted by Crippen LogP contribution is 2.43. The number of anilines is 1. The van der Waals surface area contributed by atoms with E-state index in [1.807, 2.05) is 4.90 Å². The quantitative estimate of drug-likeness (QED) is 0.646. The SMILES string of the molecule is C[C@H]1CC[C@](C)(CN(CCO)c2ncccn2)c2nnc(-c3c(F)cccc3F)cc21. The van der Waals surface area contributed by atoms with Gasteiger partial charge in [-0.2, -0.15) is 10.2 Å². The maximum Gasteiger partial charge on any atom is 0.225 e. The first-order valence-electron chi connectivity index (χ1n) is 10.4. The Balaban J connectivity index is 1.73. The van der Waals surface area contributed by atoms with Gasteiger partial charge >= 0.3 is 0 Å². The average Bonchev–Trinajstić information content (AvgIpc) is 2.77. The highest BCUT2D eigenvalue weighted by Gasteiger charge is 2.39. The van der Waals surface area contributed by atoms with Gasteiger partial charge in [0.05, 0.1) is 23.6 Å². The van der Waals surface area contributed by atoms with Crippen LogP contribution in [0.15, 0.2) is 42.7 Å². The number of nitrogens with zero attached hydrogens (tertiary/aromatic N) is 5. The van der Waals surface area contributed by atoms with E-state index in [0.29, 0.717) is 19.0 Å². The molecule has 0 radical (unpaired) electrons. The van der Waals surface area contributed by atoms with Gasteiger partial charge in [0.25, 0.3) is 0 Å². The molecule has 0 amide bonds. The highest BCUT2D eigenvalue weighted by atomic mass is 19.1. The number of aromatic nitrogens is 4. The maximum absolute atomic E-state index is 14.3. The van der Waals surface area contributed by atoms with Gasteiger partial charge in [0.2, 0.25) is 5.95 Å². The number of hydrogen-bond acceptors (Lipinski definition) is 6. The molecule has 0 fully saturated rings. The summed E-state index contributed by atoms with van der Waals surface area (Å²) in [5.41, 5.74) is 1.42. The summed E-state index contributed by atoms with van der Waals surface area (Å²) in [5, 5.41) is 18.3. The number of aliphatic hydroxyl groups excluding tert-OH is 1. The zero-order valence-corrected chi connectivity index (χ0v) is 17.6. The molecular weight excluding hydrogens is 400 g/mol. The zero-order chi connectivity index (χ0) is 22.0. The summed E-state index contributed by atoms with van der Waals surface area (Å²) in [5.74, 6) is -0.589. The van der Waals surface area contributed by atoms with Crippen molar-refractivity contribution in [3.8, 4) is 11.3 Å². The lowest BCUT2D eigenvalue weighted by Gasteiger charge is -2.40. The minimum absolute atomic E-state index is 0.0330. The van der Waals surface area contributed by atoms with E-state index in [4.69, 9.17) is 0 Å². The van der Waals surface area contributed by atoms with Crippen LogP contribution in [-0.4, -0.2) is 45.0 Å². The van der Waals surface area contributed by atoms with Crippen molar-refractivity contribution in [1.82, 2.24) is 20.2 Å². The number of benzene rings is 1. The van der Waals surface area contributed by atoms with Crippen molar-refractivity contribution < 1.29 is 13.9 Å². The van der Waals surface area contributed by atoms with Gasteiger partial charge in [0.1, 0.15) is 11.6 Å². The van der Waals surface area contributed by atoms with Crippen molar-refractivity contribution in [2.24, 2.45) is 0 Å². The molecule has 4 rings (SSSR count). The number of halogens is 2. The predicted octanol–water partition coefficient (Wildman–Crippen LogP) is 3.87. The highest BCUT2D eigenvalue weighted by molar-refractivity contribution is 5.62. The Labute approximate surface area is 180 Å². The van der Waals surface area contributed by atoms with Crippen LogP contribution in [0.25, 0.3) is 11.3 Å². The lowest BCUT2D eigenvalue weighted by atomic mass is 9.70. The van der Waals surface area contributed by atoms with Gasteiger partial charge in [-0.05, 0) is 48.6 Å². The predicted molar refractivity (Wildman–Crippen MR) is 114 cm³/mol. The smallest absolute Gasteiger partial charge is 0.225 e. The van der Waals surface area contributed by atoms with E-state index in [2.05, 4.69) is 34.0 Å². The van der Waals surface area contributed by atoms with Crippen LogP contribution in [0.4, 0.5) is 14.7 Å². The van der Waals surface area contributed by atoms with Gasteiger partial charge in [-0.25, -0.2) is 18.7 Å². The minimum Gasteiger partial charge on any atom is -0.395 e. The summed E-state index contributed by atoms with van der Waals surface area (Å²) in [6.45, 7) is 5.08. The molecule has 1 aliphatic carbocycles. The third kappa shape index (κ3) is 4.12. The molecule has 8 heteroatoms. The van der Waals surface area contributed by atoms with Crippen LogP contribution in [0.1, 0.15) is 43.9 Å². The summed E-state index contributed by atoms with van der Waals surface area (Å²) in [7, 11) is 0. The van der Waals surface area contributed by atoms with Gasteiger partial charge < -0.3 is 10.0 Å². The van der Waals surface area contributed by atoms with Gasteiger partial charge in [-0.15, -0.1) is 0 Å². The second-order valence-electron chi connectivity index (χ2n) is 8.32. The molecule has 2 aromatic heterocycles. The van der Waals surface area contributed by atoms with Crippen LogP contribution in [0.2, 0.25) is 0 Å².